The van der Waals surface area contributed by atoms with Crippen molar-refractivity contribution in [3.8, 4) is 11.1 Å². The van der Waals surface area contributed by atoms with E-state index in [1.165, 1.54) is 17.5 Å². The maximum Gasteiger partial charge on any atom is 0.115 e. The van der Waals surface area contributed by atoms with Crippen LogP contribution in [0.1, 0.15) is 0 Å². The van der Waals surface area contributed by atoms with E-state index in [4.69, 9.17) is 0 Å². The second-order valence-corrected chi connectivity index (χ2v) is 3.51. The van der Waals surface area contributed by atoms with E-state index in [0.29, 0.717) is 0 Å². The fourth-order valence-electron chi connectivity index (χ4n) is 1.43. The Labute approximate surface area is 106 Å². The zero-order valence-corrected chi connectivity index (χ0v) is 9.85. The van der Waals surface area contributed by atoms with Crippen LogP contribution in [0.2, 0.25) is 0 Å². The molecule has 3 heteroatoms. The van der Waals surface area contributed by atoms with Gasteiger partial charge in [-0.15, -0.1) is 0 Å². The van der Waals surface area contributed by atoms with Crippen molar-refractivity contribution in [2.75, 3.05) is 0 Å². The van der Waals surface area contributed by atoms with Crippen LogP contribution in [-0.4, -0.2) is 15.0 Å². The Kier molecular flexibility index (Phi) is 4.58. The fraction of sp³-hybridized carbons (Fsp3) is 0. The Morgan fingerprint density at radius 1 is 0.500 bits per heavy atom. The molecule has 0 spiro atoms. The second-order valence-electron chi connectivity index (χ2n) is 3.51. The number of benzene rings is 1. The third-order valence-corrected chi connectivity index (χ3v) is 2.27. The lowest BCUT2D eigenvalue weighted by molar-refractivity contribution is 1.17. The monoisotopic (exact) mass is 235 g/mol. The lowest BCUT2D eigenvalue weighted by Crippen LogP contribution is -1.76. The molecule has 3 aromatic rings. The molecule has 1 aromatic carbocycles. The molecule has 2 aromatic heterocycles. The van der Waals surface area contributed by atoms with Crippen molar-refractivity contribution in [2.45, 2.75) is 0 Å². The van der Waals surface area contributed by atoms with E-state index in [-0.39, 0.29) is 0 Å². The molecule has 2 heterocycles. The highest BCUT2D eigenvalue weighted by Crippen LogP contribution is 2.16. The van der Waals surface area contributed by atoms with Gasteiger partial charge in [0.05, 0.1) is 0 Å². The Morgan fingerprint density at radius 2 is 1.11 bits per heavy atom. The van der Waals surface area contributed by atoms with Gasteiger partial charge in [-0.1, -0.05) is 30.3 Å². The molecule has 0 aliphatic heterocycles. The molecule has 0 bridgehead atoms. The van der Waals surface area contributed by atoms with E-state index >= 15 is 0 Å². The number of aromatic nitrogens is 3. The summed E-state index contributed by atoms with van der Waals surface area (Å²) in [5.74, 6) is 0. The van der Waals surface area contributed by atoms with Gasteiger partial charge in [0.2, 0.25) is 0 Å². The lowest BCUT2D eigenvalue weighted by atomic mass is 10.1. The van der Waals surface area contributed by atoms with Crippen molar-refractivity contribution in [3.05, 3.63) is 79.6 Å². The van der Waals surface area contributed by atoms with Gasteiger partial charge in [0.15, 0.2) is 0 Å². The average Bonchev–Trinajstić information content (AvgIpc) is 2.51. The lowest BCUT2D eigenvalue weighted by Gasteiger charge is -1.98. The predicted molar refractivity (Wildman–Crippen MR) is 71.7 cm³/mol. The molecule has 0 amide bonds. The Hall–Kier alpha value is -2.55. The Morgan fingerprint density at radius 3 is 1.61 bits per heavy atom. The molecule has 0 aliphatic rings. The second kappa shape index (κ2) is 6.91. The van der Waals surface area contributed by atoms with E-state index in [0.717, 1.165) is 0 Å². The van der Waals surface area contributed by atoms with Gasteiger partial charge in [-0.05, 0) is 29.3 Å². The number of hydrogen-bond acceptors (Lipinski definition) is 3. The van der Waals surface area contributed by atoms with Gasteiger partial charge in [0.25, 0.3) is 0 Å². The van der Waals surface area contributed by atoms with E-state index in [2.05, 4.69) is 27.1 Å². The molecule has 0 atom stereocenters. The molecular formula is C15H13N3. The first-order valence-electron chi connectivity index (χ1n) is 5.62. The quantitative estimate of drug-likeness (QED) is 0.650. The van der Waals surface area contributed by atoms with Crippen LogP contribution in [-0.2, 0) is 0 Å². The Bertz CT molecular complexity index is 474. The summed E-state index contributed by atoms with van der Waals surface area (Å²) in [5, 5.41) is 0. The van der Waals surface area contributed by atoms with E-state index in [1.807, 2.05) is 42.7 Å². The van der Waals surface area contributed by atoms with Crippen LogP contribution in [0, 0.1) is 0 Å². The van der Waals surface area contributed by atoms with Crippen LogP contribution >= 0.6 is 0 Å². The van der Waals surface area contributed by atoms with Crippen LogP contribution < -0.4 is 0 Å². The normalized spacial score (nSPS) is 9.11. The van der Waals surface area contributed by atoms with Gasteiger partial charge in [0, 0.05) is 24.8 Å². The van der Waals surface area contributed by atoms with Gasteiger partial charge in [-0.3, -0.25) is 4.98 Å². The summed E-state index contributed by atoms with van der Waals surface area (Å²) in [6, 6.07) is 16.1. The largest absolute Gasteiger partial charge is 0.265 e. The molecule has 0 aliphatic carbocycles. The van der Waals surface area contributed by atoms with Crippen molar-refractivity contribution < 1.29 is 0 Å². The number of pyridine rings is 1. The van der Waals surface area contributed by atoms with Gasteiger partial charge in [-0.25, -0.2) is 9.97 Å². The predicted octanol–water partition coefficient (Wildman–Crippen LogP) is 3.23. The van der Waals surface area contributed by atoms with Gasteiger partial charge < -0.3 is 0 Å². The van der Waals surface area contributed by atoms with Crippen molar-refractivity contribution >= 4 is 0 Å². The van der Waals surface area contributed by atoms with Crippen LogP contribution in [0.15, 0.2) is 79.6 Å². The average molecular weight is 235 g/mol. The van der Waals surface area contributed by atoms with Crippen LogP contribution in [0.3, 0.4) is 0 Å². The van der Waals surface area contributed by atoms with Gasteiger partial charge in [0.1, 0.15) is 6.33 Å². The first-order valence-corrected chi connectivity index (χ1v) is 5.62. The minimum absolute atomic E-state index is 1.21. The topological polar surface area (TPSA) is 38.7 Å². The highest BCUT2D eigenvalue weighted by atomic mass is 14.8. The summed E-state index contributed by atoms with van der Waals surface area (Å²) >= 11 is 0. The molecule has 0 unspecified atom stereocenters. The summed E-state index contributed by atoms with van der Waals surface area (Å²) in [4.78, 5) is 11.3. The molecule has 3 rings (SSSR count). The van der Waals surface area contributed by atoms with E-state index < -0.39 is 0 Å². The van der Waals surface area contributed by atoms with E-state index in [1.54, 1.807) is 18.5 Å². The molecule has 0 radical (unpaired) electrons. The van der Waals surface area contributed by atoms with Crippen molar-refractivity contribution in [1.29, 1.82) is 0 Å². The first kappa shape index (κ1) is 11.9. The first-order chi connectivity index (χ1) is 8.97. The molecule has 0 N–H and O–H groups in total. The number of nitrogens with zero attached hydrogens (tertiary/aromatic N) is 3. The summed E-state index contributed by atoms with van der Waals surface area (Å²) in [6.45, 7) is 0. The molecule has 0 saturated carbocycles. The zero-order valence-electron chi connectivity index (χ0n) is 9.85. The minimum Gasteiger partial charge on any atom is -0.265 e. The third-order valence-electron chi connectivity index (χ3n) is 2.27. The number of hydrogen-bond donors (Lipinski definition) is 0. The zero-order chi connectivity index (χ0) is 12.5. The van der Waals surface area contributed by atoms with Crippen LogP contribution in [0.25, 0.3) is 11.1 Å². The summed E-state index contributed by atoms with van der Waals surface area (Å²) in [6.07, 6.45) is 8.49. The summed E-state index contributed by atoms with van der Waals surface area (Å²) in [5.41, 5.74) is 2.45. The van der Waals surface area contributed by atoms with Crippen LogP contribution in [0.5, 0.6) is 0 Å². The van der Waals surface area contributed by atoms with Gasteiger partial charge in [-0.2, -0.15) is 0 Å². The van der Waals surface area contributed by atoms with Crippen molar-refractivity contribution in [2.24, 2.45) is 0 Å². The van der Waals surface area contributed by atoms with Gasteiger partial charge >= 0.3 is 0 Å². The highest BCUT2D eigenvalue weighted by molar-refractivity contribution is 5.62. The standard InChI is InChI=1S/C11H9N.C4H4N2/c1-2-4-10(5-3-1)11-6-8-12-9-7-11;1-2-5-4-6-3-1/h1-9H;1-4H. The molecular weight excluding hydrogens is 222 g/mol. The van der Waals surface area contributed by atoms with Crippen LogP contribution in [0.4, 0.5) is 0 Å². The van der Waals surface area contributed by atoms with E-state index in [9.17, 15) is 0 Å². The molecule has 0 fully saturated rings. The SMILES string of the molecule is c1ccc(-c2ccncc2)cc1.c1cncnc1. The fourth-order valence-corrected chi connectivity index (χ4v) is 1.43. The molecule has 3 nitrogen and oxygen atoms in total. The highest BCUT2D eigenvalue weighted by Gasteiger charge is 1.92. The third kappa shape index (κ3) is 3.79. The maximum absolute atomic E-state index is 3.97. The maximum atomic E-state index is 3.97. The summed E-state index contributed by atoms with van der Waals surface area (Å²) < 4.78 is 0. The minimum atomic E-state index is 1.21. The van der Waals surface area contributed by atoms with Crippen molar-refractivity contribution in [3.63, 3.8) is 0 Å². The van der Waals surface area contributed by atoms with Crippen molar-refractivity contribution in [1.82, 2.24) is 15.0 Å². The summed E-state index contributed by atoms with van der Waals surface area (Å²) in [7, 11) is 0. The number of rotatable bonds is 1. The molecule has 18 heavy (non-hydrogen) atoms. The molecule has 0 saturated heterocycles. The smallest absolute Gasteiger partial charge is 0.115 e. The Balaban J connectivity index is 0.000000169. The molecule has 88 valence electrons.